The Morgan fingerprint density at radius 3 is 2.82 bits per heavy atom. The summed E-state index contributed by atoms with van der Waals surface area (Å²) in [6, 6.07) is 12.4. The highest BCUT2D eigenvalue weighted by Crippen LogP contribution is 2.39. The first-order valence-electron chi connectivity index (χ1n) is 14.1. The molecule has 0 fully saturated rings. The van der Waals surface area contributed by atoms with E-state index in [4.69, 9.17) is 9.47 Å². The maximum absolute atomic E-state index is 14.0. The average molecular weight is 626 g/mol. The summed E-state index contributed by atoms with van der Waals surface area (Å²) >= 11 is 1.50. The second-order valence-electron chi connectivity index (χ2n) is 10.9. The molecule has 0 amide bonds. The Kier molecular flexibility index (Phi) is 7.93. The van der Waals surface area contributed by atoms with Crippen molar-refractivity contribution in [2.45, 2.75) is 51.6 Å². The first kappa shape index (κ1) is 29.8. The number of fused-ring (bicyclic) bond motifs is 3. The van der Waals surface area contributed by atoms with Crippen LogP contribution in [0, 0.1) is 6.92 Å². The molecule has 5 aromatic rings. The molecule has 1 unspecified atom stereocenters. The van der Waals surface area contributed by atoms with Gasteiger partial charge in [-0.1, -0.05) is 17.3 Å². The molecular formula is C31H30F3N5O4S. The topological polar surface area (TPSA) is 103 Å². The molecule has 0 spiro atoms. The number of aryl methyl sites for hydroxylation is 2. The van der Waals surface area contributed by atoms with Crippen LogP contribution in [0.4, 0.5) is 13.2 Å². The van der Waals surface area contributed by atoms with Crippen molar-refractivity contribution < 1.29 is 32.5 Å². The first-order chi connectivity index (χ1) is 21.0. The van der Waals surface area contributed by atoms with Gasteiger partial charge in [0.2, 0.25) is 12.0 Å². The van der Waals surface area contributed by atoms with Crippen molar-refractivity contribution in [2.75, 3.05) is 13.2 Å². The third kappa shape index (κ3) is 5.81. The number of hydrogen-bond donors (Lipinski definition) is 1. The lowest BCUT2D eigenvalue weighted by Crippen LogP contribution is -2.42. The summed E-state index contributed by atoms with van der Waals surface area (Å²) < 4.78 is 55.4. The van der Waals surface area contributed by atoms with E-state index in [0.717, 1.165) is 43.4 Å². The van der Waals surface area contributed by atoms with E-state index >= 15 is 0 Å². The van der Waals surface area contributed by atoms with Crippen molar-refractivity contribution in [1.29, 1.82) is 0 Å². The van der Waals surface area contributed by atoms with E-state index in [1.54, 1.807) is 16.5 Å². The number of benzene rings is 2. The molecule has 0 saturated heterocycles. The van der Waals surface area contributed by atoms with Gasteiger partial charge in [-0.3, -0.25) is 9.69 Å². The fourth-order valence-electron chi connectivity index (χ4n) is 5.85. The number of carbonyl (C=O) groups is 1. The third-order valence-corrected chi connectivity index (χ3v) is 8.93. The van der Waals surface area contributed by atoms with Gasteiger partial charge in [0.05, 0.1) is 18.5 Å². The fraction of sp³-hybridized carbons (Fsp3) is 0.355. The smallest absolute Gasteiger partial charge is 0.426 e. The molecule has 2 aromatic carbocycles. The van der Waals surface area contributed by atoms with Crippen LogP contribution in [0.1, 0.15) is 47.2 Å². The van der Waals surface area contributed by atoms with E-state index in [1.165, 1.54) is 23.5 Å². The monoisotopic (exact) mass is 625 g/mol. The maximum atomic E-state index is 14.0. The van der Waals surface area contributed by atoms with Gasteiger partial charge < -0.3 is 14.6 Å². The van der Waals surface area contributed by atoms with Gasteiger partial charge in [0.25, 0.3) is 0 Å². The Morgan fingerprint density at radius 2 is 2.05 bits per heavy atom. The summed E-state index contributed by atoms with van der Waals surface area (Å²) in [5.41, 5.74) is 5.23. The lowest BCUT2D eigenvalue weighted by Gasteiger charge is -2.26. The van der Waals surface area contributed by atoms with Crippen LogP contribution < -0.4 is 4.74 Å². The van der Waals surface area contributed by atoms with Crippen LogP contribution >= 0.6 is 11.3 Å². The number of thiophene rings is 1. The summed E-state index contributed by atoms with van der Waals surface area (Å²) in [6.07, 6.45) is -6.62. The molecule has 1 aliphatic rings. The quantitative estimate of drug-likeness (QED) is 0.220. The number of halogens is 3. The number of hydrogen-bond acceptors (Lipinski definition) is 9. The molecule has 0 radical (unpaired) electrons. The number of aromatic nitrogens is 4. The van der Waals surface area contributed by atoms with Crippen molar-refractivity contribution in [3.8, 4) is 11.6 Å². The van der Waals surface area contributed by atoms with E-state index in [9.17, 15) is 23.1 Å². The molecule has 4 heterocycles. The van der Waals surface area contributed by atoms with Crippen LogP contribution in [0.3, 0.4) is 0 Å². The zero-order chi connectivity index (χ0) is 31.2. The normalized spacial score (nSPS) is 16.5. The van der Waals surface area contributed by atoms with Crippen molar-refractivity contribution >= 4 is 38.4 Å². The van der Waals surface area contributed by atoms with Gasteiger partial charge >= 0.3 is 12.1 Å². The fourth-order valence-corrected chi connectivity index (χ4v) is 6.74. The van der Waals surface area contributed by atoms with Crippen LogP contribution in [0.5, 0.6) is 11.6 Å². The molecule has 0 bridgehead atoms. The van der Waals surface area contributed by atoms with Crippen LogP contribution in [-0.2, 0) is 29.7 Å². The highest BCUT2D eigenvalue weighted by atomic mass is 32.1. The van der Waals surface area contributed by atoms with Crippen molar-refractivity contribution in [1.82, 2.24) is 24.9 Å². The van der Waals surface area contributed by atoms with Crippen molar-refractivity contribution in [3.63, 3.8) is 0 Å². The molecule has 6 rings (SSSR count). The Hall–Kier alpha value is -4.23. The number of ether oxygens (including phenoxy) is 2. The lowest BCUT2D eigenvalue weighted by atomic mass is 9.84. The highest BCUT2D eigenvalue weighted by molar-refractivity contribution is 7.17. The third-order valence-electron chi connectivity index (χ3n) is 7.93. The molecule has 0 saturated carbocycles. The standard InChI is InChI=1S/C31H30F3N5O4S/c1-4-42-28(41)13-22(21-5-6-24-29(17(21)2)36-37-38(24)3)19-11-18-9-10-44-30(18)20(12-19)14-39-15-23-25(7-8-27(40)35-23)43-26(16-39)31(32,33)34/h5-12,22,26H,4,13-16H2,1-3H3,(H,35,40)/t22?,26-/m1/s1. The number of esters is 1. The molecule has 1 N–H and O–H groups in total. The average Bonchev–Trinajstić information content (AvgIpc) is 3.55. The predicted molar refractivity (Wildman–Crippen MR) is 159 cm³/mol. The minimum Gasteiger partial charge on any atom is -0.493 e. The number of nitrogens with zero attached hydrogens (tertiary/aromatic N) is 5. The van der Waals surface area contributed by atoms with Gasteiger partial charge in [0.15, 0.2) is 0 Å². The number of rotatable bonds is 7. The van der Waals surface area contributed by atoms with E-state index in [0.29, 0.717) is 0 Å². The van der Waals surface area contributed by atoms with E-state index in [-0.39, 0.29) is 49.4 Å². The SMILES string of the molecule is CCOC(=O)CC(c1cc(CN2Cc3nc(O)ccc3O[C@@H](C(F)(F)F)C2)c2sccc2c1)c1ccc2c(nnn2C)c1C. The number of pyridine rings is 1. The zero-order valence-electron chi connectivity index (χ0n) is 24.3. The van der Waals surface area contributed by atoms with E-state index < -0.39 is 24.7 Å². The predicted octanol–water partition coefficient (Wildman–Crippen LogP) is 6.00. The summed E-state index contributed by atoms with van der Waals surface area (Å²) in [5, 5.41) is 21.3. The molecule has 13 heteroatoms. The van der Waals surface area contributed by atoms with Crippen LogP contribution in [0.15, 0.2) is 47.8 Å². The summed E-state index contributed by atoms with van der Waals surface area (Å²) in [7, 11) is 1.81. The van der Waals surface area contributed by atoms with Gasteiger partial charge in [-0.25, -0.2) is 9.67 Å². The van der Waals surface area contributed by atoms with Gasteiger partial charge in [0, 0.05) is 43.4 Å². The molecule has 230 valence electrons. The van der Waals surface area contributed by atoms with Gasteiger partial charge in [-0.05, 0) is 71.1 Å². The van der Waals surface area contributed by atoms with Crippen LogP contribution in [0.25, 0.3) is 21.1 Å². The Morgan fingerprint density at radius 1 is 1.23 bits per heavy atom. The number of aromatic hydroxyl groups is 1. The first-order valence-corrected chi connectivity index (χ1v) is 15.0. The number of alkyl halides is 3. The molecule has 9 nitrogen and oxygen atoms in total. The molecule has 2 atom stereocenters. The van der Waals surface area contributed by atoms with Crippen molar-refractivity contribution in [2.24, 2.45) is 7.05 Å². The van der Waals surface area contributed by atoms with Crippen LogP contribution in [0.2, 0.25) is 0 Å². The van der Waals surface area contributed by atoms with Crippen LogP contribution in [-0.4, -0.2) is 61.4 Å². The largest absolute Gasteiger partial charge is 0.493 e. The molecule has 44 heavy (non-hydrogen) atoms. The Balaban J connectivity index is 1.43. The summed E-state index contributed by atoms with van der Waals surface area (Å²) in [4.78, 5) is 18.6. The van der Waals surface area contributed by atoms with E-state index in [2.05, 4.69) is 15.3 Å². The molecule has 0 aliphatic carbocycles. The second kappa shape index (κ2) is 11.7. The minimum absolute atomic E-state index is 0.00738. The second-order valence-corrected chi connectivity index (χ2v) is 11.8. The Labute approximate surface area is 254 Å². The Bertz CT molecular complexity index is 1850. The van der Waals surface area contributed by atoms with Gasteiger partial charge in [-0.15, -0.1) is 16.4 Å². The number of carbonyl (C=O) groups excluding carboxylic acids is 1. The maximum Gasteiger partial charge on any atom is 0.426 e. The molecule has 3 aromatic heterocycles. The summed E-state index contributed by atoms with van der Waals surface area (Å²) in [6.45, 7) is 3.72. The summed E-state index contributed by atoms with van der Waals surface area (Å²) in [5.74, 6) is -1.06. The van der Waals surface area contributed by atoms with Gasteiger partial charge in [0.1, 0.15) is 17.0 Å². The minimum atomic E-state index is -4.61. The lowest BCUT2D eigenvalue weighted by molar-refractivity contribution is -0.198. The zero-order valence-corrected chi connectivity index (χ0v) is 25.1. The molecular weight excluding hydrogens is 595 g/mol. The van der Waals surface area contributed by atoms with Crippen molar-refractivity contribution in [3.05, 3.63) is 75.8 Å². The van der Waals surface area contributed by atoms with Gasteiger partial charge in [-0.2, -0.15) is 13.2 Å². The molecule has 1 aliphatic heterocycles. The van der Waals surface area contributed by atoms with E-state index in [1.807, 2.05) is 49.7 Å². The highest BCUT2D eigenvalue weighted by Gasteiger charge is 2.44.